The van der Waals surface area contributed by atoms with Gasteiger partial charge in [-0.15, -0.1) is 0 Å². The summed E-state index contributed by atoms with van der Waals surface area (Å²) in [6.07, 6.45) is 1.30. The van der Waals surface area contributed by atoms with Gasteiger partial charge < -0.3 is 9.47 Å². The van der Waals surface area contributed by atoms with Gasteiger partial charge in [-0.05, 0) is 18.5 Å². The topological polar surface area (TPSA) is 96.3 Å². The van der Waals surface area contributed by atoms with Crippen molar-refractivity contribution in [1.29, 1.82) is 0 Å². The van der Waals surface area contributed by atoms with E-state index in [2.05, 4.69) is 15.3 Å². The molecule has 1 saturated heterocycles. The highest BCUT2D eigenvalue weighted by molar-refractivity contribution is 5.81. The van der Waals surface area contributed by atoms with Crippen molar-refractivity contribution in [2.75, 3.05) is 33.4 Å². The summed E-state index contributed by atoms with van der Waals surface area (Å²) in [6, 6.07) is 0. The number of ether oxygens (including phenoxy) is 2. The summed E-state index contributed by atoms with van der Waals surface area (Å²) in [7, 11) is 1.37. The minimum atomic E-state index is -0.717. The molecule has 90 valence electrons. The number of hydrogen-bond donors (Lipinski definition) is 1. The molecule has 1 atom stereocenters. The zero-order chi connectivity index (χ0) is 11.9. The van der Waals surface area contributed by atoms with Gasteiger partial charge in [-0.2, -0.15) is 0 Å². The SMILES string of the molecule is COC(=O)C1(NCCCN=[N+]=[N-])CCOC1. The number of hydrogen-bond acceptors (Lipinski definition) is 5. The van der Waals surface area contributed by atoms with Crippen LogP contribution in [0.4, 0.5) is 0 Å². The molecule has 0 bridgehead atoms. The van der Waals surface area contributed by atoms with Crippen molar-refractivity contribution in [2.24, 2.45) is 5.11 Å². The molecule has 0 saturated carbocycles. The highest BCUT2D eigenvalue weighted by Gasteiger charge is 2.42. The second-order valence-electron chi connectivity index (χ2n) is 3.61. The molecule has 1 fully saturated rings. The Morgan fingerprint density at radius 2 is 2.56 bits per heavy atom. The quantitative estimate of drug-likeness (QED) is 0.237. The Kier molecular flexibility index (Phi) is 5.04. The van der Waals surface area contributed by atoms with Gasteiger partial charge in [-0.3, -0.25) is 5.32 Å². The standard InChI is InChI=1S/C9H16N4O3/c1-15-8(14)9(3-6-16-7-9)11-4-2-5-12-13-10/h11H,2-7H2,1H3. The van der Waals surface area contributed by atoms with Crippen molar-refractivity contribution in [3.8, 4) is 0 Å². The molecule has 0 aromatic carbocycles. The highest BCUT2D eigenvalue weighted by Crippen LogP contribution is 2.20. The molecule has 0 radical (unpaired) electrons. The molecular weight excluding hydrogens is 212 g/mol. The summed E-state index contributed by atoms with van der Waals surface area (Å²) < 4.78 is 9.97. The summed E-state index contributed by atoms with van der Waals surface area (Å²) in [6.45, 7) is 1.90. The summed E-state index contributed by atoms with van der Waals surface area (Å²) in [5.74, 6) is -0.297. The van der Waals surface area contributed by atoms with Crippen LogP contribution in [-0.4, -0.2) is 44.9 Å². The molecule has 0 aliphatic carbocycles. The zero-order valence-electron chi connectivity index (χ0n) is 9.31. The molecule has 1 heterocycles. The molecule has 7 nitrogen and oxygen atoms in total. The normalized spacial score (nSPS) is 23.8. The lowest BCUT2D eigenvalue weighted by Gasteiger charge is -2.25. The molecule has 0 amide bonds. The average molecular weight is 228 g/mol. The first-order valence-electron chi connectivity index (χ1n) is 5.17. The molecule has 1 N–H and O–H groups in total. The highest BCUT2D eigenvalue weighted by atomic mass is 16.5. The lowest BCUT2D eigenvalue weighted by atomic mass is 9.99. The summed E-state index contributed by atoms with van der Waals surface area (Å²) in [4.78, 5) is 14.3. The van der Waals surface area contributed by atoms with Crippen LogP contribution in [0.25, 0.3) is 10.4 Å². The molecule has 0 aromatic heterocycles. The molecule has 0 aromatic rings. The van der Waals surface area contributed by atoms with E-state index in [1.807, 2.05) is 0 Å². The first-order chi connectivity index (χ1) is 7.75. The zero-order valence-corrected chi connectivity index (χ0v) is 9.31. The molecule has 1 aliphatic heterocycles. The van der Waals surface area contributed by atoms with Gasteiger partial charge in [0.15, 0.2) is 0 Å². The van der Waals surface area contributed by atoms with Crippen LogP contribution in [0.3, 0.4) is 0 Å². The first-order valence-corrected chi connectivity index (χ1v) is 5.17. The van der Waals surface area contributed by atoms with E-state index in [1.54, 1.807) is 0 Å². The Labute approximate surface area is 93.7 Å². The van der Waals surface area contributed by atoms with Crippen LogP contribution in [-0.2, 0) is 14.3 Å². The predicted molar refractivity (Wildman–Crippen MR) is 56.8 cm³/mol. The van der Waals surface area contributed by atoms with E-state index in [9.17, 15) is 4.79 Å². The Hall–Kier alpha value is -1.30. The number of nitrogens with one attached hydrogen (secondary N) is 1. The summed E-state index contributed by atoms with van der Waals surface area (Å²) >= 11 is 0. The molecule has 1 rings (SSSR count). The fourth-order valence-corrected chi connectivity index (χ4v) is 1.66. The lowest BCUT2D eigenvalue weighted by molar-refractivity contribution is -0.148. The van der Waals surface area contributed by atoms with Crippen molar-refractivity contribution in [3.05, 3.63) is 10.4 Å². The Bertz CT molecular complexity index is 282. The van der Waals surface area contributed by atoms with Crippen molar-refractivity contribution in [3.63, 3.8) is 0 Å². The van der Waals surface area contributed by atoms with E-state index in [1.165, 1.54) is 7.11 Å². The average Bonchev–Trinajstić information content (AvgIpc) is 2.78. The monoisotopic (exact) mass is 228 g/mol. The van der Waals surface area contributed by atoms with Gasteiger partial charge in [0, 0.05) is 24.5 Å². The smallest absolute Gasteiger partial charge is 0.328 e. The van der Waals surface area contributed by atoms with Gasteiger partial charge in [0.25, 0.3) is 0 Å². The van der Waals surface area contributed by atoms with E-state index in [4.69, 9.17) is 15.0 Å². The van der Waals surface area contributed by atoms with Crippen molar-refractivity contribution in [1.82, 2.24) is 5.32 Å². The molecule has 1 unspecified atom stereocenters. The molecule has 16 heavy (non-hydrogen) atoms. The third-order valence-corrected chi connectivity index (χ3v) is 2.56. The third kappa shape index (κ3) is 3.10. The fourth-order valence-electron chi connectivity index (χ4n) is 1.66. The van der Waals surface area contributed by atoms with Crippen LogP contribution in [0.15, 0.2) is 5.11 Å². The van der Waals surface area contributed by atoms with Gasteiger partial charge in [0.1, 0.15) is 5.54 Å². The van der Waals surface area contributed by atoms with Crippen LogP contribution >= 0.6 is 0 Å². The maximum atomic E-state index is 11.6. The van der Waals surface area contributed by atoms with E-state index in [0.29, 0.717) is 39.1 Å². The minimum absolute atomic E-state index is 0.297. The number of rotatable bonds is 6. The largest absolute Gasteiger partial charge is 0.468 e. The minimum Gasteiger partial charge on any atom is -0.468 e. The summed E-state index contributed by atoms with van der Waals surface area (Å²) in [5, 5.41) is 6.54. The van der Waals surface area contributed by atoms with Crippen LogP contribution in [0.5, 0.6) is 0 Å². The number of methoxy groups -OCH3 is 1. The van der Waals surface area contributed by atoms with Gasteiger partial charge in [0.05, 0.1) is 13.7 Å². The third-order valence-electron chi connectivity index (χ3n) is 2.56. The Balaban J connectivity index is 2.39. The van der Waals surface area contributed by atoms with Crippen LogP contribution in [0.1, 0.15) is 12.8 Å². The van der Waals surface area contributed by atoms with Crippen LogP contribution < -0.4 is 5.32 Å². The molecule has 1 aliphatic rings. The van der Waals surface area contributed by atoms with Gasteiger partial charge in [-0.25, -0.2) is 4.79 Å². The first kappa shape index (κ1) is 12.8. The van der Waals surface area contributed by atoms with Crippen molar-refractivity contribution < 1.29 is 14.3 Å². The maximum absolute atomic E-state index is 11.6. The van der Waals surface area contributed by atoms with Crippen LogP contribution in [0.2, 0.25) is 0 Å². The van der Waals surface area contributed by atoms with Crippen LogP contribution in [0, 0.1) is 0 Å². The van der Waals surface area contributed by atoms with Gasteiger partial charge >= 0.3 is 5.97 Å². The number of carbonyl (C=O) groups excluding carboxylic acids is 1. The Morgan fingerprint density at radius 3 is 3.12 bits per heavy atom. The molecular formula is C9H16N4O3. The van der Waals surface area contributed by atoms with E-state index in [-0.39, 0.29) is 5.97 Å². The summed E-state index contributed by atoms with van der Waals surface area (Å²) in [5.41, 5.74) is 7.38. The number of esters is 1. The number of nitrogens with zero attached hydrogens (tertiary/aromatic N) is 3. The van der Waals surface area contributed by atoms with Gasteiger partial charge in [0.2, 0.25) is 0 Å². The van der Waals surface area contributed by atoms with Gasteiger partial charge in [-0.1, -0.05) is 5.11 Å². The van der Waals surface area contributed by atoms with E-state index >= 15 is 0 Å². The molecule has 0 spiro atoms. The number of azide groups is 1. The second-order valence-corrected chi connectivity index (χ2v) is 3.61. The van der Waals surface area contributed by atoms with Crippen molar-refractivity contribution in [2.45, 2.75) is 18.4 Å². The van der Waals surface area contributed by atoms with Crippen molar-refractivity contribution >= 4 is 5.97 Å². The lowest BCUT2D eigenvalue weighted by Crippen LogP contribution is -2.53. The Morgan fingerprint density at radius 1 is 1.75 bits per heavy atom. The second kappa shape index (κ2) is 6.32. The maximum Gasteiger partial charge on any atom is 0.328 e. The number of carbonyl (C=O) groups is 1. The fraction of sp³-hybridized carbons (Fsp3) is 0.889. The van der Waals surface area contributed by atoms with E-state index in [0.717, 1.165) is 0 Å². The van der Waals surface area contributed by atoms with E-state index < -0.39 is 5.54 Å². The molecule has 7 heteroatoms. The predicted octanol–water partition coefficient (Wildman–Crippen LogP) is 0.608.